The van der Waals surface area contributed by atoms with E-state index >= 15 is 0 Å². The summed E-state index contributed by atoms with van der Waals surface area (Å²) in [5, 5.41) is 1.59. The maximum atomic E-state index is 10.7. The van der Waals surface area contributed by atoms with Crippen molar-refractivity contribution in [3.05, 3.63) is 27.8 Å². The SMILES string of the molecule is C[Si](C)(C)c1ccccc1[IH+].O=S(=O)([O-])C(F)(F)F. The van der Waals surface area contributed by atoms with Crippen LogP contribution in [0, 0.1) is 3.57 Å². The molecule has 0 aliphatic carbocycles. The maximum Gasteiger partial charge on any atom is 0.485 e. The fourth-order valence-corrected chi connectivity index (χ4v) is 5.55. The zero-order chi connectivity index (χ0) is 15.5. The van der Waals surface area contributed by atoms with E-state index in [1.54, 1.807) is 5.19 Å². The molecule has 0 heterocycles. The highest BCUT2D eigenvalue weighted by Gasteiger charge is 2.36. The average molecular weight is 426 g/mol. The summed E-state index contributed by atoms with van der Waals surface area (Å²) in [6.07, 6.45) is 0. The summed E-state index contributed by atoms with van der Waals surface area (Å²) in [4.78, 5) is 0. The maximum absolute atomic E-state index is 10.7. The van der Waals surface area contributed by atoms with Crippen molar-refractivity contribution < 1.29 is 48.7 Å². The second-order valence-electron chi connectivity index (χ2n) is 4.65. The first-order valence-corrected chi connectivity index (χ1v) is 11.1. The first kappa shape index (κ1) is 18.9. The van der Waals surface area contributed by atoms with Gasteiger partial charge in [-0.2, -0.15) is 13.2 Å². The predicted octanol–water partition coefficient (Wildman–Crippen LogP) is -1.26. The first-order valence-electron chi connectivity index (χ1n) is 5.05. The summed E-state index contributed by atoms with van der Waals surface area (Å²) in [5.41, 5.74) is -5.65. The van der Waals surface area contributed by atoms with Crippen molar-refractivity contribution in [2.24, 2.45) is 0 Å². The molecule has 0 unspecified atom stereocenters. The number of alkyl halides is 3. The third kappa shape index (κ3) is 6.72. The monoisotopic (exact) mass is 426 g/mol. The second kappa shape index (κ2) is 6.55. The quantitative estimate of drug-likeness (QED) is 0.244. The van der Waals surface area contributed by atoms with Crippen LogP contribution in [-0.4, -0.2) is 26.6 Å². The van der Waals surface area contributed by atoms with Crippen molar-refractivity contribution >= 4 is 23.4 Å². The number of halogens is 4. The van der Waals surface area contributed by atoms with Gasteiger partial charge in [0.1, 0.15) is 0 Å². The van der Waals surface area contributed by atoms with Crippen LogP contribution in [0.15, 0.2) is 24.3 Å². The summed E-state index contributed by atoms with van der Waals surface area (Å²) in [6, 6.07) is 8.73. The van der Waals surface area contributed by atoms with Gasteiger partial charge in [0.15, 0.2) is 13.7 Å². The molecule has 1 aromatic rings. The van der Waals surface area contributed by atoms with Gasteiger partial charge in [0.05, 0.1) is 8.07 Å². The van der Waals surface area contributed by atoms with E-state index < -0.39 is 23.7 Å². The largest absolute Gasteiger partial charge is 0.741 e. The first-order chi connectivity index (χ1) is 8.27. The third-order valence-electron chi connectivity index (χ3n) is 1.98. The van der Waals surface area contributed by atoms with Crippen LogP contribution in [0.5, 0.6) is 0 Å². The molecule has 0 saturated heterocycles. The molecule has 0 fully saturated rings. The van der Waals surface area contributed by atoms with Gasteiger partial charge in [0.25, 0.3) is 22.6 Å². The van der Waals surface area contributed by atoms with Crippen LogP contribution in [0.25, 0.3) is 0 Å². The minimum atomic E-state index is -6.09. The lowest BCUT2D eigenvalue weighted by Crippen LogP contribution is -3.35. The third-order valence-corrected chi connectivity index (χ3v) is 6.17. The van der Waals surface area contributed by atoms with Crippen LogP contribution in [0.4, 0.5) is 13.2 Å². The molecule has 0 atom stereocenters. The Morgan fingerprint density at radius 2 is 1.53 bits per heavy atom. The molecule has 1 rings (SSSR count). The van der Waals surface area contributed by atoms with E-state index in [1.165, 1.54) is 3.57 Å². The van der Waals surface area contributed by atoms with E-state index in [0.29, 0.717) is 0 Å². The fourth-order valence-electron chi connectivity index (χ4n) is 1.09. The molecule has 19 heavy (non-hydrogen) atoms. The summed E-state index contributed by atoms with van der Waals surface area (Å²) in [7, 11) is -7.17. The molecular weight excluding hydrogens is 412 g/mol. The van der Waals surface area contributed by atoms with E-state index in [2.05, 4.69) is 66.5 Å². The van der Waals surface area contributed by atoms with Crippen molar-refractivity contribution in [2.45, 2.75) is 25.1 Å². The van der Waals surface area contributed by atoms with E-state index in [4.69, 9.17) is 13.0 Å². The highest BCUT2D eigenvalue weighted by molar-refractivity contribution is 7.86. The normalized spacial score (nSPS) is 12.6. The minimum Gasteiger partial charge on any atom is -0.741 e. The average Bonchev–Trinajstić information content (AvgIpc) is 2.14. The molecule has 9 heteroatoms. The zero-order valence-electron chi connectivity index (χ0n) is 10.5. The van der Waals surface area contributed by atoms with E-state index in [-0.39, 0.29) is 0 Å². The molecule has 0 amide bonds. The van der Waals surface area contributed by atoms with Gasteiger partial charge in [-0.1, -0.05) is 37.8 Å². The van der Waals surface area contributed by atoms with Crippen LogP contribution in [-0.2, 0) is 10.1 Å². The van der Waals surface area contributed by atoms with Crippen LogP contribution >= 0.6 is 0 Å². The molecule has 3 nitrogen and oxygen atoms in total. The van der Waals surface area contributed by atoms with Crippen molar-refractivity contribution in [1.29, 1.82) is 0 Å². The van der Waals surface area contributed by atoms with Crippen LogP contribution in [0.1, 0.15) is 0 Å². The smallest absolute Gasteiger partial charge is 0.485 e. The van der Waals surface area contributed by atoms with Crippen LogP contribution in [0.3, 0.4) is 0 Å². The van der Waals surface area contributed by atoms with Gasteiger partial charge >= 0.3 is 5.51 Å². The van der Waals surface area contributed by atoms with Crippen LogP contribution in [0.2, 0.25) is 19.6 Å². The summed E-state index contributed by atoms with van der Waals surface area (Å²) < 4.78 is 60.4. The molecule has 0 spiro atoms. The van der Waals surface area contributed by atoms with Gasteiger partial charge in [-0.3, -0.25) is 0 Å². The van der Waals surface area contributed by atoms with Crippen molar-refractivity contribution in [1.82, 2.24) is 0 Å². The Kier molecular flexibility index (Phi) is 6.50. The molecule has 0 aliphatic heterocycles. The van der Waals surface area contributed by atoms with Gasteiger partial charge in [0.2, 0.25) is 0 Å². The lowest BCUT2D eigenvalue weighted by molar-refractivity contribution is -0.326. The fraction of sp³-hybridized carbons (Fsp3) is 0.400. The van der Waals surface area contributed by atoms with Crippen molar-refractivity contribution in [3.8, 4) is 0 Å². The van der Waals surface area contributed by atoms with Gasteiger partial charge < -0.3 is 4.55 Å². The standard InChI is InChI=1S/C9H14ISi.CHF3O3S/c1-11(2,3)9-7-5-4-6-8(9)10;2-1(3,4)8(5,6)7/h4-7,10H,1-3H3;(H,5,6,7)/q+1;/p-1. The van der Waals surface area contributed by atoms with Crippen LogP contribution < -0.4 is 27.8 Å². The van der Waals surface area contributed by atoms with Gasteiger partial charge in [-0.05, 0) is 11.3 Å². The minimum absolute atomic E-state index is 1.08. The Morgan fingerprint density at radius 3 is 1.74 bits per heavy atom. The molecule has 0 aromatic heterocycles. The van der Waals surface area contributed by atoms with Gasteiger partial charge in [-0.25, -0.2) is 8.42 Å². The Labute approximate surface area is 125 Å². The number of hydrogen-bond donors (Lipinski definition) is 0. The number of rotatable bonds is 1. The highest BCUT2D eigenvalue weighted by Crippen LogP contribution is 2.20. The Balaban J connectivity index is 0.000000362. The Hall–Kier alpha value is -0.133. The molecule has 110 valence electrons. The number of benzene rings is 1. The summed E-state index contributed by atoms with van der Waals surface area (Å²) >= 11 is 2.13. The predicted molar refractivity (Wildman–Crippen MR) is 65.3 cm³/mol. The van der Waals surface area contributed by atoms with E-state index in [0.717, 1.165) is 0 Å². The zero-order valence-corrected chi connectivity index (χ0v) is 14.6. The lowest BCUT2D eigenvalue weighted by atomic mass is 10.4. The van der Waals surface area contributed by atoms with Crippen molar-refractivity contribution in [2.75, 3.05) is 0 Å². The molecule has 0 N–H and O–H groups in total. The summed E-state index contributed by atoms with van der Waals surface area (Å²) in [6.45, 7) is 7.16. The molecule has 1 aromatic carbocycles. The second-order valence-corrected chi connectivity index (χ2v) is 12.3. The number of hydrogen-bond acceptors (Lipinski definition) is 3. The van der Waals surface area contributed by atoms with Gasteiger partial charge in [0, 0.05) is 0 Å². The summed E-state index contributed by atoms with van der Waals surface area (Å²) in [5.74, 6) is 0. The van der Waals surface area contributed by atoms with Gasteiger partial charge in [-0.15, -0.1) is 0 Å². The highest BCUT2D eigenvalue weighted by atomic mass is 127. The van der Waals surface area contributed by atoms with E-state index in [1.807, 2.05) is 0 Å². The molecule has 0 aliphatic rings. The Bertz CT molecular complexity index is 524. The van der Waals surface area contributed by atoms with E-state index in [9.17, 15) is 13.2 Å². The molecule has 0 saturated carbocycles. The lowest BCUT2D eigenvalue weighted by Gasteiger charge is -2.14. The van der Waals surface area contributed by atoms with Crippen molar-refractivity contribution in [3.63, 3.8) is 0 Å². The Morgan fingerprint density at radius 1 is 1.16 bits per heavy atom. The molecular formula is C10H14F3IO3SSi. The topological polar surface area (TPSA) is 57.2 Å². The molecule has 0 radical (unpaired) electrons. The molecule has 0 bridgehead atoms.